The molecule has 3 rings (SSSR count). The Morgan fingerprint density at radius 1 is 0.774 bits per heavy atom. The molecule has 1 nitrogen and oxygen atoms in total. The molecule has 0 atom stereocenters. The second-order valence-corrected chi connectivity index (χ2v) is 9.10. The van der Waals surface area contributed by atoms with Gasteiger partial charge in [-0.25, -0.2) is 0 Å². The first-order valence-electron chi connectivity index (χ1n) is 12.6. The summed E-state index contributed by atoms with van der Waals surface area (Å²) in [4.78, 5) is 0. The van der Waals surface area contributed by atoms with Crippen molar-refractivity contribution in [1.29, 1.82) is 0 Å². The fraction of sp³-hybridized carbons (Fsp3) is 0.533. The van der Waals surface area contributed by atoms with Crippen molar-refractivity contribution >= 4 is 0 Å². The van der Waals surface area contributed by atoms with Gasteiger partial charge in [-0.05, 0) is 86.3 Å². The van der Waals surface area contributed by atoms with Gasteiger partial charge in [-0.1, -0.05) is 75.6 Å². The molecule has 0 aromatic heterocycles. The standard InChI is InChI=1S/C30H40O/c1-3-5-6-7-8-9-25-12-18-28(19-13-25)29-20-14-26(15-21-29)10-11-27-16-22-30(23-17-27)31-24-4-2/h12-13,16-19,22-23,26,29H,3-9,14-15,20-21,24H2,1-2H3/t26-,29-. The molecule has 1 fully saturated rings. The fourth-order valence-corrected chi connectivity index (χ4v) is 4.50. The Bertz CT molecular complexity index is 798. The van der Waals surface area contributed by atoms with E-state index in [1.165, 1.54) is 75.3 Å². The first kappa shape index (κ1) is 23.5. The van der Waals surface area contributed by atoms with E-state index in [0.717, 1.165) is 24.3 Å². The normalized spacial score (nSPS) is 18.3. The van der Waals surface area contributed by atoms with Crippen LogP contribution in [0, 0.1) is 17.8 Å². The molecule has 1 aliphatic carbocycles. The summed E-state index contributed by atoms with van der Waals surface area (Å²) in [5, 5.41) is 0. The van der Waals surface area contributed by atoms with Gasteiger partial charge in [-0.3, -0.25) is 0 Å². The summed E-state index contributed by atoms with van der Waals surface area (Å²) in [5.74, 6) is 9.11. The number of unbranched alkanes of at least 4 members (excludes halogenated alkanes) is 4. The van der Waals surface area contributed by atoms with Crippen molar-refractivity contribution in [3.63, 3.8) is 0 Å². The molecule has 0 spiro atoms. The highest BCUT2D eigenvalue weighted by atomic mass is 16.5. The highest BCUT2D eigenvalue weighted by molar-refractivity contribution is 5.38. The van der Waals surface area contributed by atoms with Gasteiger partial charge in [0.25, 0.3) is 0 Å². The minimum Gasteiger partial charge on any atom is -0.494 e. The zero-order valence-electron chi connectivity index (χ0n) is 19.7. The van der Waals surface area contributed by atoms with Gasteiger partial charge in [0.15, 0.2) is 0 Å². The molecule has 0 N–H and O–H groups in total. The molecule has 0 radical (unpaired) electrons. The Hall–Kier alpha value is -2.20. The lowest BCUT2D eigenvalue weighted by atomic mass is 9.78. The van der Waals surface area contributed by atoms with Crippen LogP contribution in [0.25, 0.3) is 0 Å². The number of ether oxygens (including phenoxy) is 1. The van der Waals surface area contributed by atoms with E-state index in [4.69, 9.17) is 4.74 Å². The molecule has 2 aromatic carbocycles. The van der Waals surface area contributed by atoms with Crippen molar-refractivity contribution in [3.05, 3.63) is 65.2 Å². The Balaban J connectivity index is 1.42. The third-order valence-electron chi connectivity index (χ3n) is 6.50. The zero-order chi connectivity index (χ0) is 21.7. The fourth-order valence-electron chi connectivity index (χ4n) is 4.50. The third kappa shape index (κ3) is 8.10. The Labute approximate surface area is 190 Å². The SMILES string of the molecule is CCCCCCCc1ccc([C@H]2CC[C@H](C#Cc3ccc(OCCC)cc3)CC2)cc1. The zero-order valence-corrected chi connectivity index (χ0v) is 19.7. The maximum absolute atomic E-state index is 5.65. The van der Waals surface area contributed by atoms with Gasteiger partial charge < -0.3 is 4.74 Å². The Morgan fingerprint density at radius 2 is 1.48 bits per heavy atom. The predicted molar refractivity (Wildman–Crippen MR) is 133 cm³/mol. The van der Waals surface area contributed by atoms with Crippen LogP contribution in [0.2, 0.25) is 0 Å². The summed E-state index contributed by atoms with van der Waals surface area (Å²) < 4.78 is 5.65. The number of aryl methyl sites for hydroxylation is 1. The first-order chi connectivity index (χ1) is 15.3. The lowest BCUT2D eigenvalue weighted by molar-refractivity contribution is 0.317. The van der Waals surface area contributed by atoms with Crippen LogP contribution >= 0.6 is 0 Å². The molecule has 1 saturated carbocycles. The minimum atomic E-state index is 0.537. The summed E-state index contributed by atoms with van der Waals surface area (Å²) in [6.07, 6.45) is 14.0. The molecule has 31 heavy (non-hydrogen) atoms. The van der Waals surface area contributed by atoms with Gasteiger partial charge in [0, 0.05) is 11.5 Å². The van der Waals surface area contributed by atoms with Crippen LogP contribution in [0.4, 0.5) is 0 Å². The van der Waals surface area contributed by atoms with Crippen molar-refractivity contribution in [1.82, 2.24) is 0 Å². The van der Waals surface area contributed by atoms with E-state index in [-0.39, 0.29) is 0 Å². The molecular formula is C30H40O. The van der Waals surface area contributed by atoms with E-state index in [2.05, 4.69) is 62.1 Å². The lowest BCUT2D eigenvalue weighted by Crippen LogP contribution is -2.12. The number of rotatable bonds is 10. The van der Waals surface area contributed by atoms with Crippen LogP contribution < -0.4 is 4.74 Å². The minimum absolute atomic E-state index is 0.537. The summed E-state index contributed by atoms with van der Waals surface area (Å²) in [6, 6.07) is 17.7. The van der Waals surface area contributed by atoms with E-state index in [1.54, 1.807) is 0 Å². The van der Waals surface area contributed by atoms with E-state index >= 15 is 0 Å². The van der Waals surface area contributed by atoms with Gasteiger partial charge in [-0.2, -0.15) is 0 Å². The molecule has 2 aromatic rings. The van der Waals surface area contributed by atoms with Crippen molar-refractivity contribution in [2.24, 2.45) is 5.92 Å². The average molecular weight is 417 g/mol. The second-order valence-electron chi connectivity index (χ2n) is 9.10. The van der Waals surface area contributed by atoms with Gasteiger partial charge >= 0.3 is 0 Å². The summed E-state index contributed by atoms with van der Waals surface area (Å²) in [5.41, 5.74) is 4.13. The quantitative estimate of drug-likeness (QED) is 0.279. The largest absolute Gasteiger partial charge is 0.494 e. The maximum Gasteiger partial charge on any atom is 0.119 e. The van der Waals surface area contributed by atoms with Crippen LogP contribution in [0.5, 0.6) is 5.75 Å². The van der Waals surface area contributed by atoms with Crippen molar-refractivity contribution in [2.75, 3.05) is 6.61 Å². The van der Waals surface area contributed by atoms with E-state index in [0.29, 0.717) is 11.8 Å². The summed E-state index contributed by atoms with van der Waals surface area (Å²) in [6.45, 7) is 5.18. The van der Waals surface area contributed by atoms with Crippen molar-refractivity contribution < 1.29 is 4.74 Å². The molecule has 166 valence electrons. The predicted octanol–water partition coefficient (Wildman–Crippen LogP) is 8.31. The number of hydrogen-bond acceptors (Lipinski definition) is 1. The maximum atomic E-state index is 5.65. The molecule has 0 unspecified atom stereocenters. The van der Waals surface area contributed by atoms with Crippen LogP contribution in [-0.2, 0) is 6.42 Å². The third-order valence-corrected chi connectivity index (χ3v) is 6.50. The Kier molecular flexibility index (Phi) is 10.0. The first-order valence-corrected chi connectivity index (χ1v) is 12.6. The summed E-state index contributed by atoms with van der Waals surface area (Å²) >= 11 is 0. The molecule has 0 amide bonds. The van der Waals surface area contributed by atoms with Crippen molar-refractivity contribution in [3.8, 4) is 17.6 Å². The molecule has 0 heterocycles. The molecular weight excluding hydrogens is 376 g/mol. The van der Waals surface area contributed by atoms with Gasteiger partial charge in [0.2, 0.25) is 0 Å². The van der Waals surface area contributed by atoms with E-state index in [9.17, 15) is 0 Å². The number of benzene rings is 2. The lowest BCUT2D eigenvalue weighted by Gasteiger charge is -2.26. The van der Waals surface area contributed by atoms with Gasteiger partial charge in [-0.15, -0.1) is 0 Å². The smallest absolute Gasteiger partial charge is 0.119 e. The van der Waals surface area contributed by atoms with E-state index in [1.807, 2.05) is 12.1 Å². The second kappa shape index (κ2) is 13.3. The van der Waals surface area contributed by atoms with Crippen LogP contribution in [0.1, 0.15) is 101 Å². The highest BCUT2D eigenvalue weighted by Crippen LogP contribution is 2.35. The van der Waals surface area contributed by atoms with Gasteiger partial charge in [0.05, 0.1) is 6.61 Å². The van der Waals surface area contributed by atoms with Crippen LogP contribution in [0.15, 0.2) is 48.5 Å². The van der Waals surface area contributed by atoms with Crippen LogP contribution in [-0.4, -0.2) is 6.61 Å². The molecule has 0 aliphatic heterocycles. The average Bonchev–Trinajstić information content (AvgIpc) is 2.83. The topological polar surface area (TPSA) is 9.23 Å². The molecule has 1 heteroatoms. The van der Waals surface area contributed by atoms with Gasteiger partial charge in [0.1, 0.15) is 5.75 Å². The number of hydrogen-bond donors (Lipinski definition) is 0. The van der Waals surface area contributed by atoms with Crippen LogP contribution in [0.3, 0.4) is 0 Å². The molecule has 0 saturated heterocycles. The highest BCUT2D eigenvalue weighted by Gasteiger charge is 2.21. The molecule has 0 bridgehead atoms. The Morgan fingerprint density at radius 3 is 2.16 bits per heavy atom. The van der Waals surface area contributed by atoms with E-state index < -0.39 is 0 Å². The summed E-state index contributed by atoms with van der Waals surface area (Å²) in [7, 11) is 0. The molecule has 1 aliphatic rings. The monoisotopic (exact) mass is 416 g/mol. The van der Waals surface area contributed by atoms with Crippen molar-refractivity contribution in [2.45, 2.75) is 90.4 Å².